The Kier molecular flexibility index (Phi) is 5.91. The van der Waals surface area contributed by atoms with Gasteiger partial charge in [0.25, 0.3) is 0 Å². The Labute approximate surface area is 153 Å². The highest BCUT2D eigenvalue weighted by Gasteiger charge is 2.45. The van der Waals surface area contributed by atoms with Crippen LogP contribution < -0.4 is 5.32 Å². The summed E-state index contributed by atoms with van der Waals surface area (Å²) in [6.07, 6.45) is 2.57. The molecule has 1 aliphatic rings. The third kappa shape index (κ3) is 4.48. The Bertz CT molecular complexity index is 588. The van der Waals surface area contributed by atoms with Crippen molar-refractivity contribution in [2.24, 2.45) is 5.92 Å². The minimum absolute atomic E-state index is 0.258. The normalized spacial score (nSPS) is 24.8. The minimum Gasteiger partial charge on any atom is -0.444 e. The van der Waals surface area contributed by atoms with E-state index in [0.29, 0.717) is 6.54 Å². The van der Waals surface area contributed by atoms with Gasteiger partial charge in [-0.2, -0.15) is 0 Å². The van der Waals surface area contributed by atoms with Crippen LogP contribution in [0.1, 0.15) is 46.2 Å². The highest BCUT2D eigenvalue weighted by molar-refractivity contribution is 9.10. The van der Waals surface area contributed by atoms with E-state index in [2.05, 4.69) is 33.2 Å². The lowest BCUT2D eigenvalue weighted by atomic mass is 9.81. The summed E-state index contributed by atoms with van der Waals surface area (Å²) < 4.78 is 6.45. The molecule has 1 aromatic rings. The van der Waals surface area contributed by atoms with E-state index in [1.165, 1.54) is 0 Å². The molecule has 2 rings (SSSR count). The second-order valence-corrected chi connectivity index (χ2v) is 8.34. The molecule has 1 aromatic heterocycles. The number of piperidine rings is 1. The molecular weight excluding hydrogens is 370 g/mol. The van der Waals surface area contributed by atoms with Gasteiger partial charge in [0.2, 0.25) is 0 Å². The van der Waals surface area contributed by atoms with Crippen molar-refractivity contribution < 1.29 is 9.53 Å². The van der Waals surface area contributed by atoms with Crippen molar-refractivity contribution in [3.63, 3.8) is 0 Å². The van der Waals surface area contributed by atoms with E-state index in [-0.39, 0.29) is 12.0 Å². The molecule has 0 radical (unpaired) electrons. The maximum Gasteiger partial charge on any atom is 0.411 e. The van der Waals surface area contributed by atoms with E-state index in [1.807, 2.05) is 50.9 Å². The van der Waals surface area contributed by atoms with Crippen molar-refractivity contribution >= 4 is 22.0 Å². The summed E-state index contributed by atoms with van der Waals surface area (Å²) in [5, 5.41) is 3.37. The van der Waals surface area contributed by atoms with Crippen LogP contribution in [0.25, 0.3) is 0 Å². The molecule has 0 spiro atoms. The maximum atomic E-state index is 12.7. The van der Waals surface area contributed by atoms with Gasteiger partial charge in [0.15, 0.2) is 0 Å². The number of ether oxygens (including phenoxy) is 1. The topological polar surface area (TPSA) is 54.5 Å². The number of carbonyl (C=O) groups is 1. The minimum atomic E-state index is -0.496. The molecule has 6 heteroatoms. The van der Waals surface area contributed by atoms with E-state index < -0.39 is 11.3 Å². The monoisotopic (exact) mass is 397 g/mol. The average molecular weight is 398 g/mol. The molecule has 134 valence electrons. The first-order valence-corrected chi connectivity index (χ1v) is 9.26. The first kappa shape index (κ1) is 19.2. The van der Waals surface area contributed by atoms with Crippen LogP contribution in [0.4, 0.5) is 4.79 Å². The van der Waals surface area contributed by atoms with Gasteiger partial charge in [-0.15, -0.1) is 0 Å². The van der Waals surface area contributed by atoms with Crippen molar-refractivity contribution in [2.45, 2.75) is 58.2 Å². The van der Waals surface area contributed by atoms with E-state index in [9.17, 15) is 4.79 Å². The number of hydrogen-bond donors (Lipinski definition) is 1. The fourth-order valence-electron chi connectivity index (χ4n) is 3.28. The summed E-state index contributed by atoms with van der Waals surface area (Å²) in [7, 11) is 1.91. The number of pyridine rings is 1. The third-order valence-corrected chi connectivity index (χ3v) is 5.08. The summed E-state index contributed by atoms with van der Waals surface area (Å²) in [6, 6.07) is 5.96. The Morgan fingerprint density at radius 2 is 2.21 bits per heavy atom. The van der Waals surface area contributed by atoms with Gasteiger partial charge in [-0.05, 0) is 82.1 Å². The fourth-order valence-corrected chi connectivity index (χ4v) is 3.66. The molecule has 1 fully saturated rings. The van der Waals surface area contributed by atoms with Crippen LogP contribution in [0.2, 0.25) is 0 Å². The van der Waals surface area contributed by atoms with Crippen molar-refractivity contribution in [1.29, 1.82) is 0 Å². The van der Waals surface area contributed by atoms with Gasteiger partial charge in [-0.1, -0.05) is 6.07 Å². The van der Waals surface area contributed by atoms with Crippen molar-refractivity contribution in [1.82, 2.24) is 15.2 Å². The number of aromatic nitrogens is 1. The molecule has 2 atom stereocenters. The molecule has 1 saturated heterocycles. The molecule has 2 unspecified atom stereocenters. The zero-order valence-corrected chi connectivity index (χ0v) is 16.8. The molecule has 0 saturated carbocycles. The quantitative estimate of drug-likeness (QED) is 0.783. The molecule has 0 bridgehead atoms. The summed E-state index contributed by atoms with van der Waals surface area (Å²) >= 11 is 3.43. The van der Waals surface area contributed by atoms with Crippen LogP contribution in [0.3, 0.4) is 0 Å². The van der Waals surface area contributed by atoms with Gasteiger partial charge in [0, 0.05) is 18.2 Å². The fraction of sp³-hybridized carbons (Fsp3) is 0.667. The van der Waals surface area contributed by atoms with Crippen LogP contribution in [0.15, 0.2) is 22.8 Å². The molecule has 0 aromatic carbocycles. The zero-order valence-electron chi connectivity index (χ0n) is 15.2. The van der Waals surface area contributed by atoms with Gasteiger partial charge in [-0.25, -0.2) is 9.78 Å². The Balaban J connectivity index is 2.21. The van der Waals surface area contributed by atoms with Gasteiger partial charge in [0.05, 0.1) is 5.66 Å². The SMILES string of the molecule is CNC1(C)C(Cc2cccc(Br)n2)CCCN1C(=O)OC(C)(C)C. The number of halogens is 1. The number of nitrogens with zero attached hydrogens (tertiary/aromatic N) is 2. The summed E-state index contributed by atoms with van der Waals surface area (Å²) in [4.78, 5) is 19.1. The lowest BCUT2D eigenvalue weighted by Gasteiger charge is -2.49. The first-order chi connectivity index (χ1) is 11.2. The lowest BCUT2D eigenvalue weighted by Crippen LogP contribution is -2.65. The van der Waals surface area contributed by atoms with Crippen LogP contribution in [0.5, 0.6) is 0 Å². The van der Waals surface area contributed by atoms with Gasteiger partial charge in [0.1, 0.15) is 10.2 Å². The Hall–Kier alpha value is -1.14. The largest absolute Gasteiger partial charge is 0.444 e. The molecule has 1 aliphatic heterocycles. The summed E-state index contributed by atoms with van der Waals surface area (Å²) in [6.45, 7) is 8.48. The molecule has 5 nitrogen and oxygen atoms in total. The van der Waals surface area contributed by atoms with Gasteiger partial charge < -0.3 is 4.74 Å². The van der Waals surface area contributed by atoms with Crippen LogP contribution in [-0.2, 0) is 11.2 Å². The number of rotatable bonds is 3. The van der Waals surface area contributed by atoms with E-state index in [4.69, 9.17) is 4.74 Å². The predicted molar refractivity (Wildman–Crippen MR) is 98.8 cm³/mol. The first-order valence-electron chi connectivity index (χ1n) is 8.46. The Morgan fingerprint density at radius 1 is 1.50 bits per heavy atom. The number of nitrogens with one attached hydrogen (secondary N) is 1. The van der Waals surface area contributed by atoms with Gasteiger partial charge >= 0.3 is 6.09 Å². The third-order valence-electron chi connectivity index (χ3n) is 4.64. The molecule has 1 N–H and O–H groups in total. The highest BCUT2D eigenvalue weighted by Crippen LogP contribution is 2.34. The maximum absolute atomic E-state index is 12.7. The number of likely N-dealkylation sites (tertiary alicyclic amines) is 1. The standard InChI is InChI=1S/C18H28BrN3O2/c1-17(2,3)24-16(23)22-11-7-8-13(18(22,4)20-5)12-14-9-6-10-15(19)21-14/h6,9-10,13,20H,7-8,11-12H2,1-5H3. The van der Waals surface area contributed by atoms with E-state index in [0.717, 1.165) is 29.6 Å². The molecule has 2 heterocycles. The Morgan fingerprint density at radius 3 is 2.79 bits per heavy atom. The number of carbonyl (C=O) groups excluding carboxylic acids is 1. The highest BCUT2D eigenvalue weighted by atomic mass is 79.9. The second kappa shape index (κ2) is 7.40. The van der Waals surface area contributed by atoms with Crippen LogP contribution in [0, 0.1) is 5.92 Å². The van der Waals surface area contributed by atoms with E-state index >= 15 is 0 Å². The van der Waals surface area contributed by atoms with Crippen molar-refractivity contribution in [3.8, 4) is 0 Å². The smallest absolute Gasteiger partial charge is 0.411 e. The zero-order chi connectivity index (χ0) is 18.0. The van der Waals surface area contributed by atoms with Crippen LogP contribution >= 0.6 is 15.9 Å². The number of hydrogen-bond acceptors (Lipinski definition) is 4. The lowest BCUT2D eigenvalue weighted by molar-refractivity contribution is -0.0414. The van der Waals surface area contributed by atoms with Crippen molar-refractivity contribution in [2.75, 3.05) is 13.6 Å². The van der Waals surface area contributed by atoms with Gasteiger partial charge in [-0.3, -0.25) is 10.2 Å². The predicted octanol–water partition coefficient (Wildman–Crippen LogP) is 3.97. The molecular formula is C18H28BrN3O2. The van der Waals surface area contributed by atoms with Crippen molar-refractivity contribution in [3.05, 3.63) is 28.5 Å². The molecule has 0 aliphatic carbocycles. The summed E-state index contributed by atoms with van der Waals surface area (Å²) in [5.41, 5.74) is 0.0802. The molecule has 24 heavy (non-hydrogen) atoms. The second-order valence-electron chi connectivity index (χ2n) is 7.52. The van der Waals surface area contributed by atoms with Crippen LogP contribution in [-0.4, -0.2) is 40.8 Å². The average Bonchev–Trinajstić information content (AvgIpc) is 2.47. The van der Waals surface area contributed by atoms with E-state index in [1.54, 1.807) is 0 Å². The summed E-state index contributed by atoms with van der Waals surface area (Å²) in [5.74, 6) is 0.269. The number of amides is 1. The molecule has 1 amide bonds.